The molecule has 0 fully saturated rings. The topological polar surface area (TPSA) is 42.0 Å². The van der Waals surface area contributed by atoms with Gasteiger partial charge in [0, 0.05) is 16.6 Å². The van der Waals surface area contributed by atoms with Crippen LogP contribution in [0.2, 0.25) is 0 Å². The van der Waals surface area contributed by atoms with Crippen molar-refractivity contribution < 1.29 is 22.4 Å². The molecule has 0 atom stereocenters. The maximum atomic E-state index is 13.0. The minimum absolute atomic E-state index is 0.0758. The first-order valence-corrected chi connectivity index (χ1v) is 8.78. The second-order valence-electron chi connectivity index (χ2n) is 5.90. The Morgan fingerprint density at radius 2 is 1.85 bits per heavy atom. The van der Waals surface area contributed by atoms with E-state index in [-0.39, 0.29) is 23.5 Å². The molecule has 3 aromatic rings. The van der Waals surface area contributed by atoms with E-state index in [1.54, 1.807) is 17.5 Å². The van der Waals surface area contributed by atoms with E-state index in [0.29, 0.717) is 10.7 Å². The fourth-order valence-corrected chi connectivity index (χ4v) is 3.31. The molecule has 0 unspecified atom stereocenters. The van der Waals surface area contributed by atoms with E-state index in [1.807, 2.05) is 0 Å². The van der Waals surface area contributed by atoms with Crippen molar-refractivity contribution >= 4 is 22.9 Å². The van der Waals surface area contributed by atoms with E-state index in [2.05, 4.69) is 10.3 Å². The first-order valence-electron chi connectivity index (χ1n) is 7.90. The predicted molar refractivity (Wildman–Crippen MR) is 96.0 cm³/mol. The van der Waals surface area contributed by atoms with Crippen LogP contribution in [0.25, 0.3) is 10.6 Å². The second kappa shape index (κ2) is 7.48. The van der Waals surface area contributed by atoms with Gasteiger partial charge in [-0.05, 0) is 48.9 Å². The number of alkyl halides is 3. The van der Waals surface area contributed by atoms with Gasteiger partial charge in [0.2, 0.25) is 5.91 Å². The normalized spacial score (nSPS) is 11.4. The van der Waals surface area contributed by atoms with Crippen molar-refractivity contribution in [3.63, 3.8) is 0 Å². The van der Waals surface area contributed by atoms with Crippen LogP contribution < -0.4 is 5.32 Å². The third kappa shape index (κ3) is 4.71. The van der Waals surface area contributed by atoms with Gasteiger partial charge in [-0.25, -0.2) is 9.37 Å². The van der Waals surface area contributed by atoms with Crippen molar-refractivity contribution in [1.82, 2.24) is 4.98 Å². The smallest absolute Gasteiger partial charge is 0.326 e. The maximum Gasteiger partial charge on any atom is 0.416 e. The molecule has 3 rings (SSSR count). The van der Waals surface area contributed by atoms with Gasteiger partial charge in [0.05, 0.1) is 17.7 Å². The number of benzene rings is 2. The Balaban J connectivity index is 1.69. The molecule has 1 N–H and O–H groups in total. The van der Waals surface area contributed by atoms with E-state index in [9.17, 15) is 22.4 Å². The van der Waals surface area contributed by atoms with Gasteiger partial charge in [-0.15, -0.1) is 11.3 Å². The molecule has 0 bridgehead atoms. The maximum absolute atomic E-state index is 13.0. The number of aromatic nitrogens is 1. The molecule has 1 amide bonds. The van der Waals surface area contributed by atoms with Crippen molar-refractivity contribution in [3.8, 4) is 10.6 Å². The highest BCUT2D eigenvalue weighted by Gasteiger charge is 2.32. The number of amides is 1. The third-order valence-electron chi connectivity index (χ3n) is 3.81. The SMILES string of the molecule is Cc1ccc(NC(=O)Cc2csc(-c3ccc(F)cc3)n2)cc1C(F)(F)F. The third-order valence-corrected chi connectivity index (χ3v) is 4.75. The number of rotatable bonds is 4. The van der Waals surface area contributed by atoms with Crippen molar-refractivity contribution in [3.05, 3.63) is 70.5 Å². The Kier molecular flexibility index (Phi) is 5.27. The molecule has 1 aromatic heterocycles. The molecule has 0 aliphatic heterocycles. The number of halogens is 4. The fourth-order valence-electron chi connectivity index (χ4n) is 2.49. The van der Waals surface area contributed by atoms with E-state index < -0.39 is 17.6 Å². The van der Waals surface area contributed by atoms with E-state index in [1.165, 1.54) is 42.5 Å². The highest BCUT2D eigenvalue weighted by molar-refractivity contribution is 7.13. The van der Waals surface area contributed by atoms with Crippen LogP contribution in [0.3, 0.4) is 0 Å². The average molecular weight is 394 g/mol. The van der Waals surface area contributed by atoms with Gasteiger partial charge in [-0.1, -0.05) is 6.07 Å². The average Bonchev–Trinajstić information content (AvgIpc) is 3.04. The molecule has 0 aliphatic carbocycles. The van der Waals surface area contributed by atoms with Gasteiger partial charge < -0.3 is 5.32 Å². The highest BCUT2D eigenvalue weighted by atomic mass is 32.1. The summed E-state index contributed by atoms with van der Waals surface area (Å²) in [7, 11) is 0. The lowest BCUT2D eigenvalue weighted by molar-refractivity contribution is -0.138. The summed E-state index contributed by atoms with van der Waals surface area (Å²) in [6.45, 7) is 1.36. The van der Waals surface area contributed by atoms with Crippen LogP contribution in [-0.2, 0) is 17.4 Å². The molecular weight excluding hydrogens is 380 g/mol. The van der Waals surface area contributed by atoms with Crippen LogP contribution >= 0.6 is 11.3 Å². The van der Waals surface area contributed by atoms with E-state index >= 15 is 0 Å². The zero-order chi connectivity index (χ0) is 19.6. The molecule has 1 heterocycles. The minimum Gasteiger partial charge on any atom is -0.326 e. The molecule has 27 heavy (non-hydrogen) atoms. The van der Waals surface area contributed by atoms with Gasteiger partial charge in [-0.3, -0.25) is 4.79 Å². The van der Waals surface area contributed by atoms with Crippen molar-refractivity contribution in [2.45, 2.75) is 19.5 Å². The summed E-state index contributed by atoms with van der Waals surface area (Å²) < 4.78 is 51.8. The Morgan fingerprint density at radius 1 is 1.15 bits per heavy atom. The predicted octanol–water partition coefficient (Wildman–Crippen LogP) is 5.46. The first-order chi connectivity index (χ1) is 12.7. The lowest BCUT2D eigenvalue weighted by Gasteiger charge is -2.12. The number of nitrogens with one attached hydrogen (secondary N) is 1. The lowest BCUT2D eigenvalue weighted by Crippen LogP contribution is -2.16. The summed E-state index contributed by atoms with van der Waals surface area (Å²) in [5, 5.41) is 4.78. The fraction of sp³-hybridized carbons (Fsp3) is 0.158. The van der Waals surface area contributed by atoms with E-state index in [4.69, 9.17) is 0 Å². The summed E-state index contributed by atoms with van der Waals surface area (Å²) in [6.07, 6.45) is -4.56. The number of hydrogen-bond acceptors (Lipinski definition) is 3. The minimum atomic E-state index is -4.48. The van der Waals surface area contributed by atoms with Crippen LogP contribution in [0, 0.1) is 12.7 Å². The molecule has 0 aliphatic rings. The summed E-state index contributed by atoms with van der Waals surface area (Å²) in [5.74, 6) is -0.825. The van der Waals surface area contributed by atoms with Crippen LogP contribution in [0.15, 0.2) is 47.8 Å². The van der Waals surface area contributed by atoms with E-state index in [0.717, 1.165) is 11.6 Å². The Bertz CT molecular complexity index is 965. The molecule has 3 nitrogen and oxygen atoms in total. The second-order valence-corrected chi connectivity index (χ2v) is 6.76. The van der Waals surface area contributed by atoms with Crippen molar-refractivity contribution in [2.24, 2.45) is 0 Å². The van der Waals surface area contributed by atoms with Gasteiger partial charge in [0.15, 0.2) is 0 Å². The van der Waals surface area contributed by atoms with Crippen molar-refractivity contribution in [1.29, 1.82) is 0 Å². The number of carbonyl (C=O) groups excluding carboxylic acids is 1. The zero-order valence-corrected chi connectivity index (χ0v) is 14.9. The molecule has 140 valence electrons. The van der Waals surface area contributed by atoms with Crippen LogP contribution in [0.1, 0.15) is 16.8 Å². The monoisotopic (exact) mass is 394 g/mol. The molecular formula is C19H14F4N2OS. The largest absolute Gasteiger partial charge is 0.416 e. The number of aryl methyl sites for hydroxylation is 1. The number of nitrogens with zero attached hydrogens (tertiary/aromatic N) is 1. The first kappa shape index (κ1) is 19.0. The van der Waals surface area contributed by atoms with Gasteiger partial charge in [0.25, 0.3) is 0 Å². The molecule has 2 aromatic carbocycles. The molecule has 0 saturated carbocycles. The summed E-state index contributed by atoms with van der Waals surface area (Å²) in [6, 6.07) is 9.46. The summed E-state index contributed by atoms with van der Waals surface area (Å²) in [4.78, 5) is 16.5. The van der Waals surface area contributed by atoms with Crippen molar-refractivity contribution in [2.75, 3.05) is 5.32 Å². The quantitative estimate of drug-likeness (QED) is 0.597. The Morgan fingerprint density at radius 3 is 2.52 bits per heavy atom. The number of carbonyl (C=O) groups is 1. The van der Waals surface area contributed by atoms with Crippen LogP contribution in [0.5, 0.6) is 0 Å². The van der Waals surface area contributed by atoms with Gasteiger partial charge in [0.1, 0.15) is 10.8 Å². The van der Waals surface area contributed by atoms with Crippen LogP contribution in [-0.4, -0.2) is 10.9 Å². The number of anilines is 1. The molecule has 0 radical (unpaired) electrons. The zero-order valence-electron chi connectivity index (χ0n) is 14.1. The summed E-state index contributed by atoms with van der Waals surface area (Å²) >= 11 is 1.30. The number of thiazole rings is 1. The van der Waals surface area contributed by atoms with Gasteiger partial charge in [-0.2, -0.15) is 13.2 Å². The lowest BCUT2D eigenvalue weighted by atomic mass is 10.1. The molecule has 8 heteroatoms. The standard InChI is InChI=1S/C19H14F4N2OS/c1-11-2-7-14(8-16(11)19(21,22)23)24-17(26)9-15-10-27-18(25-15)12-3-5-13(20)6-4-12/h2-8,10H,9H2,1H3,(H,24,26). The number of hydrogen-bond donors (Lipinski definition) is 1. The molecule has 0 saturated heterocycles. The molecule has 0 spiro atoms. The Labute approximate surface area is 156 Å². The Hall–Kier alpha value is -2.74. The van der Waals surface area contributed by atoms with Gasteiger partial charge >= 0.3 is 6.18 Å². The summed E-state index contributed by atoms with van der Waals surface area (Å²) in [5.41, 5.74) is 0.588. The van der Waals surface area contributed by atoms with Crippen LogP contribution in [0.4, 0.5) is 23.2 Å². The highest BCUT2D eigenvalue weighted by Crippen LogP contribution is 2.33.